The van der Waals surface area contributed by atoms with Gasteiger partial charge in [0.1, 0.15) is 5.82 Å². The van der Waals surface area contributed by atoms with Crippen molar-refractivity contribution in [3.63, 3.8) is 0 Å². The Morgan fingerprint density at radius 2 is 2.40 bits per heavy atom. The lowest BCUT2D eigenvalue weighted by molar-refractivity contribution is 0.884. The molecule has 0 aliphatic carbocycles. The maximum absolute atomic E-state index is 3.89. The fraction of sp³-hybridized carbons (Fsp3) is 0.143. The van der Waals surface area contributed by atoms with Gasteiger partial charge in [0.25, 0.3) is 0 Å². The Kier molecular flexibility index (Phi) is 0.974. The van der Waals surface area contributed by atoms with E-state index in [0.29, 0.717) is 0 Å². The molecule has 0 amide bonds. The minimum absolute atomic E-state index is 0.919. The van der Waals surface area contributed by atoms with Crippen LogP contribution in [-0.2, 0) is 0 Å². The highest BCUT2D eigenvalue weighted by atomic mass is 15.2. The van der Waals surface area contributed by atoms with Gasteiger partial charge in [-0.3, -0.25) is 0 Å². The fourth-order valence-electron chi connectivity index (χ4n) is 1.01. The summed E-state index contributed by atoms with van der Waals surface area (Å²) >= 11 is 0. The van der Waals surface area contributed by atoms with E-state index >= 15 is 0 Å². The lowest BCUT2D eigenvalue weighted by atomic mass is 10.5. The molecule has 0 bridgehead atoms. The van der Waals surface area contributed by atoms with E-state index in [0.717, 1.165) is 11.3 Å². The van der Waals surface area contributed by atoms with Gasteiger partial charge in [0.2, 0.25) is 0 Å². The average molecular weight is 133 g/mol. The summed E-state index contributed by atoms with van der Waals surface area (Å²) < 4.78 is 1.99. The lowest BCUT2D eigenvalue weighted by Crippen LogP contribution is -1.94. The van der Waals surface area contributed by atoms with Crippen molar-refractivity contribution < 1.29 is 0 Å². The van der Waals surface area contributed by atoms with E-state index in [1.54, 1.807) is 6.20 Å². The third-order valence-corrected chi connectivity index (χ3v) is 1.52. The Labute approximate surface area is 58.3 Å². The number of fused-ring (bicyclic) bond motifs is 1. The summed E-state index contributed by atoms with van der Waals surface area (Å²) in [7, 11) is 0. The van der Waals surface area contributed by atoms with E-state index in [9.17, 15) is 0 Å². The summed E-state index contributed by atoms with van der Waals surface area (Å²) in [5.41, 5.74) is 1.09. The minimum atomic E-state index is 0.919. The first kappa shape index (κ1) is 5.41. The van der Waals surface area contributed by atoms with Gasteiger partial charge < -0.3 is 4.40 Å². The molecule has 2 heterocycles. The number of aromatic nitrogens is 3. The summed E-state index contributed by atoms with van der Waals surface area (Å²) in [6, 6.07) is 3.98. The SMILES string of the molecule is Cc1nncc2cccn12. The molecule has 0 N–H and O–H groups in total. The van der Waals surface area contributed by atoms with Crippen LogP contribution in [0.15, 0.2) is 24.5 Å². The topological polar surface area (TPSA) is 30.2 Å². The third-order valence-electron chi connectivity index (χ3n) is 1.52. The second-order valence-corrected chi connectivity index (χ2v) is 2.19. The molecule has 0 aliphatic heterocycles. The maximum atomic E-state index is 3.89. The Balaban J connectivity index is 2.95. The van der Waals surface area contributed by atoms with Gasteiger partial charge in [-0.05, 0) is 19.1 Å². The molecule has 0 radical (unpaired) electrons. The van der Waals surface area contributed by atoms with Gasteiger partial charge in [0.05, 0.1) is 11.7 Å². The summed E-state index contributed by atoms with van der Waals surface area (Å²) in [5, 5.41) is 7.71. The van der Waals surface area contributed by atoms with Crippen LogP contribution < -0.4 is 0 Å². The van der Waals surface area contributed by atoms with Crippen LogP contribution in [-0.4, -0.2) is 14.6 Å². The molecule has 3 heteroatoms. The highest BCUT2D eigenvalue weighted by Crippen LogP contribution is 2.01. The van der Waals surface area contributed by atoms with Crippen LogP contribution in [0.3, 0.4) is 0 Å². The second-order valence-electron chi connectivity index (χ2n) is 2.19. The third kappa shape index (κ3) is 0.603. The van der Waals surface area contributed by atoms with Gasteiger partial charge in [-0.1, -0.05) is 0 Å². The second kappa shape index (κ2) is 1.80. The molecule has 0 spiro atoms. The van der Waals surface area contributed by atoms with Gasteiger partial charge >= 0.3 is 0 Å². The molecule has 2 rings (SSSR count). The zero-order valence-electron chi connectivity index (χ0n) is 5.65. The predicted octanol–water partition coefficient (Wildman–Crippen LogP) is 1.04. The van der Waals surface area contributed by atoms with Crippen LogP contribution >= 0.6 is 0 Å². The summed E-state index contributed by atoms with van der Waals surface area (Å²) in [6.07, 6.45) is 3.71. The van der Waals surface area contributed by atoms with Crippen LogP contribution in [0.5, 0.6) is 0 Å². The fourth-order valence-corrected chi connectivity index (χ4v) is 1.01. The van der Waals surface area contributed by atoms with Crippen LogP contribution in [0, 0.1) is 6.92 Å². The lowest BCUT2D eigenvalue weighted by Gasteiger charge is -1.94. The number of hydrogen-bond acceptors (Lipinski definition) is 2. The number of rotatable bonds is 0. The van der Waals surface area contributed by atoms with E-state index in [1.165, 1.54) is 0 Å². The van der Waals surface area contributed by atoms with Crippen molar-refractivity contribution in [1.82, 2.24) is 14.6 Å². The molecule has 50 valence electrons. The summed E-state index contributed by atoms with van der Waals surface area (Å²) in [6.45, 7) is 1.93. The molecular weight excluding hydrogens is 126 g/mol. The molecule has 2 aromatic heterocycles. The number of aryl methyl sites for hydroxylation is 1. The largest absolute Gasteiger partial charge is 0.302 e. The quantitative estimate of drug-likeness (QED) is 0.537. The van der Waals surface area contributed by atoms with Gasteiger partial charge in [0.15, 0.2) is 0 Å². The van der Waals surface area contributed by atoms with Crippen molar-refractivity contribution in [3.05, 3.63) is 30.4 Å². The smallest absolute Gasteiger partial charge is 0.132 e. The van der Waals surface area contributed by atoms with Crippen molar-refractivity contribution >= 4 is 5.52 Å². The van der Waals surface area contributed by atoms with E-state index in [-0.39, 0.29) is 0 Å². The number of hydrogen-bond donors (Lipinski definition) is 0. The van der Waals surface area contributed by atoms with Crippen LogP contribution in [0.25, 0.3) is 5.52 Å². The highest BCUT2D eigenvalue weighted by Gasteiger charge is 1.93. The van der Waals surface area contributed by atoms with E-state index < -0.39 is 0 Å². The van der Waals surface area contributed by atoms with Gasteiger partial charge in [-0.2, -0.15) is 5.10 Å². The molecular formula is C7H7N3. The summed E-state index contributed by atoms with van der Waals surface area (Å²) in [4.78, 5) is 0. The maximum Gasteiger partial charge on any atom is 0.132 e. The molecule has 0 unspecified atom stereocenters. The van der Waals surface area contributed by atoms with E-state index in [1.807, 2.05) is 29.7 Å². The van der Waals surface area contributed by atoms with Gasteiger partial charge in [-0.25, -0.2) is 0 Å². The normalized spacial score (nSPS) is 10.5. The highest BCUT2D eigenvalue weighted by molar-refractivity contribution is 5.44. The monoisotopic (exact) mass is 133 g/mol. The predicted molar refractivity (Wildman–Crippen MR) is 37.7 cm³/mol. The first-order valence-electron chi connectivity index (χ1n) is 3.13. The number of nitrogens with zero attached hydrogens (tertiary/aromatic N) is 3. The molecule has 3 nitrogen and oxygen atoms in total. The first-order valence-corrected chi connectivity index (χ1v) is 3.13. The average Bonchev–Trinajstić information content (AvgIpc) is 2.36. The Morgan fingerprint density at radius 3 is 3.20 bits per heavy atom. The van der Waals surface area contributed by atoms with Gasteiger partial charge in [-0.15, -0.1) is 5.10 Å². The minimum Gasteiger partial charge on any atom is -0.302 e. The molecule has 0 atom stereocenters. The molecule has 2 aromatic rings. The molecule has 0 fully saturated rings. The molecule has 0 saturated heterocycles. The van der Waals surface area contributed by atoms with Crippen molar-refractivity contribution in [2.75, 3.05) is 0 Å². The van der Waals surface area contributed by atoms with Crippen LogP contribution in [0.4, 0.5) is 0 Å². The zero-order valence-corrected chi connectivity index (χ0v) is 5.65. The Hall–Kier alpha value is -1.38. The molecule has 0 aliphatic rings. The molecule has 10 heavy (non-hydrogen) atoms. The van der Waals surface area contributed by atoms with Crippen molar-refractivity contribution in [2.24, 2.45) is 0 Å². The Bertz CT molecular complexity index is 350. The van der Waals surface area contributed by atoms with Crippen LogP contribution in [0.2, 0.25) is 0 Å². The standard InChI is InChI=1S/C7H7N3/c1-6-9-8-5-7-3-2-4-10(6)7/h2-5H,1H3. The van der Waals surface area contributed by atoms with E-state index in [2.05, 4.69) is 10.2 Å². The first-order chi connectivity index (χ1) is 4.88. The Morgan fingerprint density at radius 1 is 1.50 bits per heavy atom. The summed E-state index contributed by atoms with van der Waals surface area (Å²) in [5.74, 6) is 0.919. The molecule has 0 saturated carbocycles. The van der Waals surface area contributed by atoms with Crippen LogP contribution in [0.1, 0.15) is 5.82 Å². The molecule has 0 aromatic carbocycles. The van der Waals surface area contributed by atoms with Crippen molar-refractivity contribution in [2.45, 2.75) is 6.92 Å². The van der Waals surface area contributed by atoms with Crippen molar-refractivity contribution in [1.29, 1.82) is 0 Å². The van der Waals surface area contributed by atoms with Crippen molar-refractivity contribution in [3.8, 4) is 0 Å². The van der Waals surface area contributed by atoms with E-state index in [4.69, 9.17) is 0 Å². The van der Waals surface area contributed by atoms with Gasteiger partial charge in [0, 0.05) is 6.20 Å². The zero-order chi connectivity index (χ0) is 6.97.